The number of aliphatic carboxylic acids is 2. The summed E-state index contributed by atoms with van der Waals surface area (Å²) in [4.78, 5) is 193. The van der Waals surface area contributed by atoms with E-state index in [4.69, 9.17) is 10.5 Å². The number of halogens is 1. The lowest BCUT2D eigenvalue weighted by molar-refractivity contribution is -0.144. The average molecular weight is 1530 g/mol. The Morgan fingerprint density at radius 1 is 0.703 bits per heavy atom. The molecule has 1 saturated heterocycles. The van der Waals surface area contributed by atoms with Gasteiger partial charge in [0, 0.05) is 93.4 Å². The van der Waals surface area contributed by atoms with Crippen LogP contribution in [0.15, 0.2) is 122 Å². The maximum atomic E-state index is 15.6. The van der Waals surface area contributed by atoms with Crippen LogP contribution in [0.1, 0.15) is 139 Å². The highest BCUT2D eigenvalue weighted by molar-refractivity contribution is 6.01. The zero-order valence-electron chi connectivity index (χ0n) is 63.4. The zero-order valence-corrected chi connectivity index (χ0v) is 63.4. The Hall–Kier alpha value is -11.0. The summed E-state index contributed by atoms with van der Waals surface area (Å²) in [5.74, 6) is -20.5. The molecule has 6 aromatic rings. The Kier molecular flexibility index (Phi) is 31.9. The second-order valence-corrected chi connectivity index (χ2v) is 29.0. The molecule has 1 aliphatic heterocycles. The fourth-order valence-electron chi connectivity index (χ4n) is 13.9. The second-order valence-electron chi connectivity index (χ2n) is 29.0. The summed E-state index contributed by atoms with van der Waals surface area (Å²) < 4.78 is 21.0. The minimum absolute atomic E-state index is 0.0326. The fourth-order valence-corrected chi connectivity index (χ4v) is 13.9. The lowest BCUT2D eigenvalue weighted by atomic mass is 9.81. The number of H-pyrrole nitrogens is 1. The van der Waals surface area contributed by atoms with Crippen LogP contribution in [0, 0.1) is 42.3 Å². The predicted octanol–water partition coefficient (Wildman–Crippen LogP) is 5.62. The van der Waals surface area contributed by atoms with E-state index in [9.17, 15) is 87.9 Å². The van der Waals surface area contributed by atoms with Crippen LogP contribution in [0.2, 0.25) is 0 Å². The van der Waals surface area contributed by atoms with Gasteiger partial charge in [-0.1, -0.05) is 85.8 Å². The molecule has 0 spiro atoms. The van der Waals surface area contributed by atoms with Gasteiger partial charge in [0.1, 0.15) is 17.6 Å². The molecule has 0 saturated carbocycles. The van der Waals surface area contributed by atoms with E-state index >= 15 is 4.39 Å². The summed E-state index contributed by atoms with van der Waals surface area (Å²) in [6, 6.07) is 25.6. The molecule has 11 atom stereocenters. The van der Waals surface area contributed by atoms with Crippen molar-refractivity contribution in [2.24, 2.45) is 35.3 Å². The molecule has 0 aliphatic carbocycles. The number of Topliss-reactive ketones (excluding diaryl/α,β-unsaturated/α-hetero) is 5. The van der Waals surface area contributed by atoms with E-state index in [0.717, 1.165) is 54.7 Å². The number of primary amides is 1. The number of aryl methyl sites for hydroxylation is 3. The summed E-state index contributed by atoms with van der Waals surface area (Å²) >= 11 is 0. The van der Waals surface area contributed by atoms with Gasteiger partial charge in [0.25, 0.3) is 0 Å². The van der Waals surface area contributed by atoms with Gasteiger partial charge in [-0.2, -0.15) is 0 Å². The SMILES string of the molecule is CCc1cc(OC)ccc1-c1ccc(C[C@H](NC(=O)[C@H](CC(=O)O)CC(=O)[C@H](CO)NC(=O)[C@@H](CC(=O)[C@](C)(Cc2ccccc2F)NC(=O)[C@@H](CC(=O)CNC(=O)[C@H](CCC(=O)O)CC(=O)[C@@]2(C)CCCN2C(=O)CCc2cnc[nH]2)[C@@H](C)O)[C@@H](C)O)C(=O)C[C@@H](Cc2ccc(-c3ccccc3C)nc2)C(N)=O)cc1. The number of likely N-dealkylation sites (tertiary alicyclic amines) is 1. The number of amides is 6. The highest BCUT2D eigenvalue weighted by atomic mass is 19.1. The number of aliphatic hydroxyl groups is 3. The van der Waals surface area contributed by atoms with Crippen molar-refractivity contribution in [1.82, 2.24) is 41.1 Å². The first-order chi connectivity index (χ1) is 52.7. The molecule has 6 amide bonds. The number of hydrogen-bond donors (Lipinski definition) is 11. The van der Waals surface area contributed by atoms with Gasteiger partial charge in [0.05, 0.1) is 85.8 Å². The Labute approximate surface area is 642 Å². The molecule has 3 heterocycles. The normalized spacial score (nSPS) is 16.3. The van der Waals surface area contributed by atoms with Gasteiger partial charge in [-0.05, 0) is 143 Å². The van der Waals surface area contributed by atoms with Crippen molar-refractivity contribution >= 4 is 76.3 Å². The van der Waals surface area contributed by atoms with Gasteiger partial charge < -0.3 is 67.2 Å². The van der Waals surface area contributed by atoms with Crippen LogP contribution in [0.4, 0.5) is 4.39 Å². The largest absolute Gasteiger partial charge is 0.497 e. The number of carboxylic acid groups (broad SMARTS) is 2. The third-order valence-corrected chi connectivity index (χ3v) is 20.7. The molecule has 594 valence electrons. The first kappa shape index (κ1) is 87.2. The number of pyridine rings is 1. The summed E-state index contributed by atoms with van der Waals surface area (Å²) in [6.07, 6.45) is -3.55. The number of carboxylic acids is 2. The number of aromatic nitrogens is 3. The molecule has 0 unspecified atom stereocenters. The Bertz CT molecular complexity index is 4320. The number of ether oxygens (including phenoxy) is 1. The monoisotopic (exact) mass is 1530 g/mol. The van der Waals surface area contributed by atoms with E-state index in [-0.39, 0.29) is 50.1 Å². The van der Waals surface area contributed by atoms with E-state index in [1.54, 1.807) is 50.7 Å². The summed E-state index contributed by atoms with van der Waals surface area (Å²) in [6.45, 7) is 7.21. The molecule has 7 rings (SSSR count). The van der Waals surface area contributed by atoms with Crippen LogP contribution < -0.4 is 31.7 Å². The molecule has 2 aromatic heterocycles. The summed E-state index contributed by atoms with van der Waals surface area (Å²) in [7, 11) is 1.56. The van der Waals surface area contributed by atoms with Gasteiger partial charge in [0.15, 0.2) is 28.9 Å². The minimum atomic E-state index is -2.24. The first-order valence-corrected chi connectivity index (χ1v) is 37.0. The van der Waals surface area contributed by atoms with Crippen molar-refractivity contribution in [3.05, 3.63) is 161 Å². The maximum absolute atomic E-state index is 15.6. The van der Waals surface area contributed by atoms with Crippen molar-refractivity contribution in [1.29, 1.82) is 0 Å². The number of aliphatic hydroxyl groups excluding tert-OH is 3. The predicted molar refractivity (Wildman–Crippen MR) is 404 cm³/mol. The highest BCUT2D eigenvalue weighted by Crippen LogP contribution is 2.35. The zero-order chi connectivity index (χ0) is 81.4. The molecule has 28 nitrogen and oxygen atoms in total. The molecule has 29 heteroatoms. The quantitative estimate of drug-likeness (QED) is 0.0221. The number of nitrogens with zero attached hydrogens (tertiary/aromatic N) is 3. The number of ketones is 5. The number of imidazole rings is 1. The van der Waals surface area contributed by atoms with Gasteiger partial charge in [-0.25, -0.2) is 9.37 Å². The minimum Gasteiger partial charge on any atom is -0.497 e. The third kappa shape index (κ3) is 24.5. The number of nitrogens with one attached hydrogen (secondary N) is 5. The van der Waals surface area contributed by atoms with Crippen LogP contribution in [0.25, 0.3) is 22.4 Å². The van der Waals surface area contributed by atoms with Gasteiger partial charge >= 0.3 is 11.9 Å². The van der Waals surface area contributed by atoms with Crippen molar-refractivity contribution in [2.75, 3.05) is 26.8 Å². The van der Waals surface area contributed by atoms with Crippen LogP contribution in [0.3, 0.4) is 0 Å². The topological polar surface area (TPSA) is 451 Å². The number of carbonyl (C=O) groups is 13. The number of benzene rings is 4. The smallest absolute Gasteiger partial charge is 0.304 e. The van der Waals surface area contributed by atoms with E-state index in [1.807, 2.05) is 68.4 Å². The Balaban J connectivity index is 1.05. The molecule has 0 radical (unpaired) electrons. The molecule has 111 heavy (non-hydrogen) atoms. The number of methoxy groups -OCH3 is 1. The number of hydrogen-bond acceptors (Lipinski definition) is 19. The number of rotatable bonds is 45. The fraction of sp³-hybridized carbons (Fsp3) is 0.451. The molecule has 12 N–H and O–H groups in total. The molecule has 0 bridgehead atoms. The molecule has 1 fully saturated rings. The average Bonchev–Trinajstić information content (AvgIpc) is 1.71. The van der Waals surface area contributed by atoms with Crippen molar-refractivity contribution < 1.29 is 97.0 Å². The van der Waals surface area contributed by atoms with Gasteiger partial charge in [-0.15, -0.1) is 0 Å². The first-order valence-electron chi connectivity index (χ1n) is 37.0. The standard InChI is InChI=1S/C82H100FN9O19/c1-8-52-34-60(111-7)25-26-62(52)53-21-18-50(19-22-53)33-67(69(97)35-56(76(84)106)32-51-20-27-66(86-42-51)61-16-11-9-14-47(61)2)89-78(108)57(38-75(104)105)36-70(98)68(45-93)90-79(109)64(49(4)95)40-71(99)81(5,41-55-15-10-12-17-65(55)83)91-80(110)63(48(3)94)39-59(96)44-87-77(107)54(23-29-74(102)103)37-72(100)82(6)30-13-31-92(82)73(101)28-24-58-43-85-46-88-58/h9-12,14-22,25-27,34,42-43,46,48-49,54,56-57,63-64,67-68,93-95H,8,13,23-24,28-33,35-41,44-45H2,1-7H3,(H2,84,106)(H,85,88)(H,87,107)(H,89,108)(H,90,109)(H,91,110)(H,102,103)(H,104,105)/t48-,49-,54-,56-,57+,63+,64+,67+,68+,81+,82-/m1/s1. The van der Waals surface area contributed by atoms with E-state index in [2.05, 4.69) is 36.2 Å². The lowest BCUT2D eigenvalue weighted by Crippen LogP contribution is -2.58. The summed E-state index contributed by atoms with van der Waals surface area (Å²) in [5, 5.41) is 62.5. The molecular formula is C82H100FN9O19. The lowest BCUT2D eigenvalue weighted by Gasteiger charge is -2.35. The molecular weight excluding hydrogens is 1430 g/mol. The van der Waals surface area contributed by atoms with Crippen LogP contribution in [0.5, 0.6) is 5.75 Å². The molecule has 4 aromatic carbocycles. The molecule has 1 aliphatic rings. The number of nitrogens with two attached hydrogens (primary N) is 1. The van der Waals surface area contributed by atoms with Gasteiger partial charge in [-0.3, -0.25) is 67.3 Å². The third-order valence-electron chi connectivity index (χ3n) is 20.7. The van der Waals surface area contributed by atoms with Crippen molar-refractivity contribution in [2.45, 2.75) is 180 Å². The highest BCUT2D eigenvalue weighted by Gasteiger charge is 2.47. The Morgan fingerprint density at radius 3 is 1.97 bits per heavy atom. The van der Waals surface area contributed by atoms with Crippen LogP contribution in [-0.2, 0) is 94.4 Å². The maximum Gasteiger partial charge on any atom is 0.304 e. The Morgan fingerprint density at radius 2 is 1.36 bits per heavy atom. The van der Waals surface area contributed by atoms with Crippen LogP contribution in [-0.4, -0.2) is 184 Å². The van der Waals surface area contributed by atoms with Gasteiger partial charge in [0.2, 0.25) is 35.4 Å². The van der Waals surface area contributed by atoms with Crippen molar-refractivity contribution in [3.63, 3.8) is 0 Å². The number of aromatic amines is 1. The van der Waals surface area contributed by atoms with E-state index < -0.39 is 206 Å². The van der Waals surface area contributed by atoms with Crippen molar-refractivity contribution in [3.8, 4) is 28.1 Å². The van der Waals surface area contributed by atoms with E-state index in [1.165, 1.54) is 29.4 Å². The van der Waals surface area contributed by atoms with Crippen LogP contribution >= 0.6 is 0 Å². The number of carbonyl (C=O) groups excluding carboxylic acids is 11. The summed E-state index contributed by atoms with van der Waals surface area (Å²) in [5.41, 5.74) is 9.23. The van der Waals surface area contributed by atoms with E-state index in [0.29, 0.717) is 47.5 Å². The second kappa shape index (κ2) is 40.6.